The fourth-order valence-corrected chi connectivity index (χ4v) is 3.18. The molecule has 0 saturated carbocycles. The predicted molar refractivity (Wildman–Crippen MR) is 117 cm³/mol. The first-order valence-corrected chi connectivity index (χ1v) is 10.0. The zero-order valence-electron chi connectivity index (χ0n) is 17.1. The molecule has 0 N–H and O–H groups in total. The monoisotopic (exact) mass is 440 g/mol. The van der Waals surface area contributed by atoms with Gasteiger partial charge in [0.05, 0.1) is 23.4 Å². The summed E-state index contributed by atoms with van der Waals surface area (Å²) in [7, 11) is 0. The quantitative estimate of drug-likeness (QED) is 0.517. The third-order valence-electron chi connectivity index (χ3n) is 4.48. The number of ether oxygens (including phenoxy) is 2. The van der Waals surface area contributed by atoms with E-state index in [0.717, 1.165) is 0 Å². The van der Waals surface area contributed by atoms with Gasteiger partial charge < -0.3 is 9.47 Å². The van der Waals surface area contributed by atoms with Gasteiger partial charge in [0.15, 0.2) is 6.61 Å². The van der Waals surface area contributed by atoms with Crippen LogP contribution in [0.2, 0.25) is 5.02 Å². The summed E-state index contributed by atoms with van der Waals surface area (Å²) in [5.74, 6) is -1.80. The number of hydrogen-bond donors (Lipinski definition) is 0. The molecule has 160 valence electrons. The lowest BCUT2D eigenvalue weighted by Gasteiger charge is -2.21. The highest BCUT2D eigenvalue weighted by molar-refractivity contribution is 6.31. The number of aromatic nitrogens is 1. The number of esters is 2. The van der Waals surface area contributed by atoms with Crippen LogP contribution in [0, 0.1) is 6.92 Å². The molecule has 0 radical (unpaired) electrons. The zero-order valence-corrected chi connectivity index (χ0v) is 17.9. The maximum atomic E-state index is 12.8. The molecule has 0 aliphatic rings. The van der Waals surface area contributed by atoms with E-state index >= 15 is 0 Å². The number of halogens is 1. The summed E-state index contributed by atoms with van der Waals surface area (Å²) in [4.78, 5) is 42.9. The summed E-state index contributed by atoms with van der Waals surface area (Å²) >= 11 is 6.02. The highest BCUT2D eigenvalue weighted by Gasteiger charge is 2.22. The minimum absolute atomic E-state index is 0.197. The topological polar surface area (TPSA) is 85.8 Å². The number of rotatable bonds is 7. The average Bonchev–Trinajstić information content (AvgIpc) is 2.76. The van der Waals surface area contributed by atoms with Gasteiger partial charge in [-0.05, 0) is 50.2 Å². The lowest BCUT2D eigenvalue weighted by atomic mass is 10.1. The summed E-state index contributed by atoms with van der Waals surface area (Å²) in [5.41, 5.74) is 1.90. The van der Waals surface area contributed by atoms with E-state index in [4.69, 9.17) is 21.1 Å². The SMILES string of the molecule is CCOC(=O)CN(C(=O)COC(=O)c1cc2cc(Cl)ccc2nc1C)c1ccccc1. The van der Waals surface area contributed by atoms with E-state index in [2.05, 4.69) is 4.98 Å². The van der Waals surface area contributed by atoms with Crippen molar-refractivity contribution in [1.82, 2.24) is 4.98 Å². The molecular weight excluding hydrogens is 420 g/mol. The summed E-state index contributed by atoms with van der Waals surface area (Å²) in [6, 6.07) is 15.4. The van der Waals surface area contributed by atoms with Gasteiger partial charge in [0.25, 0.3) is 5.91 Å². The van der Waals surface area contributed by atoms with Crippen molar-refractivity contribution in [2.24, 2.45) is 0 Å². The maximum Gasteiger partial charge on any atom is 0.340 e. The number of amides is 1. The molecule has 0 saturated heterocycles. The first kappa shape index (κ1) is 22.2. The Morgan fingerprint density at radius 2 is 1.77 bits per heavy atom. The first-order chi connectivity index (χ1) is 14.9. The molecule has 1 aromatic heterocycles. The second-order valence-electron chi connectivity index (χ2n) is 6.65. The fourth-order valence-electron chi connectivity index (χ4n) is 3.00. The number of pyridine rings is 1. The number of carbonyl (C=O) groups excluding carboxylic acids is 3. The molecule has 7 nitrogen and oxygen atoms in total. The van der Waals surface area contributed by atoms with E-state index < -0.39 is 24.5 Å². The Kier molecular flexibility index (Phi) is 7.20. The minimum atomic E-state index is -0.690. The molecular formula is C23H21ClN2O5. The van der Waals surface area contributed by atoms with E-state index in [0.29, 0.717) is 27.3 Å². The molecule has 0 fully saturated rings. The van der Waals surface area contributed by atoms with Crippen LogP contribution < -0.4 is 4.90 Å². The molecule has 3 rings (SSSR count). The zero-order chi connectivity index (χ0) is 22.4. The second kappa shape index (κ2) is 10.0. The van der Waals surface area contributed by atoms with Crippen molar-refractivity contribution in [3.8, 4) is 0 Å². The number of carbonyl (C=O) groups is 3. The van der Waals surface area contributed by atoms with E-state index in [1.54, 1.807) is 68.4 Å². The largest absolute Gasteiger partial charge is 0.465 e. The van der Waals surface area contributed by atoms with Crippen LogP contribution >= 0.6 is 11.6 Å². The van der Waals surface area contributed by atoms with Gasteiger partial charge in [-0.3, -0.25) is 19.5 Å². The van der Waals surface area contributed by atoms with Gasteiger partial charge in [0, 0.05) is 16.1 Å². The number of hydrogen-bond acceptors (Lipinski definition) is 6. The molecule has 31 heavy (non-hydrogen) atoms. The predicted octanol–water partition coefficient (Wildman–Crippen LogP) is 3.95. The van der Waals surface area contributed by atoms with Crippen LogP contribution in [0.4, 0.5) is 5.69 Å². The maximum absolute atomic E-state index is 12.8. The van der Waals surface area contributed by atoms with Crippen molar-refractivity contribution in [2.75, 3.05) is 24.7 Å². The number of nitrogens with zero attached hydrogens (tertiary/aromatic N) is 2. The molecule has 2 aromatic carbocycles. The van der Waals surface area contributed by atoms with Gasteiger partial charge in [0.2, 0.25) is 0 Å². The van der Waals surface area contributed by atoms with Gasteiger partial charge in [-0.1, -0.05) is 29.8 Å². The van der Waals surface area contributed by atoms with Crippen molar-refractivity contribution in [2.45, 2.75) is 13.8 Å². The van der Waals surface area contributed by atoms with Gasteiger partial charge >= 0.3 is 11.9 Å². The molecule has 1 heterocycles. The molecule has 0 aliphatic heterocycles. The fraction of sp³-hybridized carbons (Fsp3) is 0.217. The number of anilines is 1. The van der Waals surface area contributed by atoms with Crippen molar-refractivity contribution in [3.63, 3.8) is 0 Å². The molecule has 0 unspecified atom stereocenters. The summed E-state index contributed by atoms with van der Waals surface area (Å²) in [5, 5.41) is 1.20. The van der Waals surface area contributed by atoms with Gasteiger partial charge in [-0.2, -0.15) is 0 Å². The number of aryl methyl sites for hydroxylation is 1. The Hall–Kier alpha value is -3.45. The van der Waals surface area contributed by atoms with Gasteiger partial charge in [0.1, 0.15) is 6.54 Å². The van der Waals surface area contributed by atoms with E-state index in [9.17, 15) is 14.4 Å². The van der Waals surface area contributed by atoms with Gasteiger partial charge in [-0.25, -0.2) is 4.79 Å². The first-order valence-electron chi connectivity index (χ1n) is 9.64. The average molecular weight is 441 g/mol. The third kappa shape index (κ3) is 5.58. The Balaban J connectivity index is 1.75. The standard InChI is InChI=1S/C23H21ClN2O5/c1-3-30-22(28)13-26(18-7-5-4-6-8-18)21(27)14-31-23(29)19-12-16-11-17(24)9-10-20(16)25-15(19)2/h4-12H,3,13-14H2,1-2H3. The normalized spacial score (nSPS) is 10.5. The number of para-hydroxylation sites is 1. The van der Waals surface area contributed by atoms with E-state index in [-0.39, 0.29) is 18.7 Å². The lowest BCUT2D eigenvalue weighted by Crippen LogP contribution is -2.39. The molecule has 1 amide bonds. The Labute approximate surface area is 184 Å². The molecule has 0 atom stereocenters. The Bertz CT molecular complexity index is 1120. The van der Waals surface area contributed by atoms with Crippen LogP contribution in [-0.2, 0) is 19.1 Å². The van der Waals surface area contributed by atoms with Crippen molar-refractivity contribution in [1.29, 1.82) is 0 Å². The second-order valence-corrected chi connectivity index (χ2v) is 7.09. The van der Waals surface area contributed by atoms with Crippen LogP contribution in [0.1, 0.15) is 23.0 Å². The van der Waals surface area contributed by atoms with Gasteiger partial charge in [-0.15, -0.1) is 0 Å². The van der Waals surface area contributed by atoms with Crippen molar-refractivity contribution >= 4 is 46.0 Å². The van der Waals surface area contributed by atoms with Crippen molar-refractivity contribution in [3.05, 3.63) is 70.9 Å². The summed E-state index contributed by atoms with van der Waals surface area (Å²) < 4.78 is 10.2. The third-order valence-corrected chi connectivity index (χ3v) is 4.71. The van der Waals surface area contributed by atoms with Crippen LogP contribution in [0.15, 0.2) is 54.6 Å². The summed E-state index contributed by atoms with van der Waals surface area (Å²) in [6.07, 6.45) is 0. The molecule has 0 spiro atoms. The minimum Gasteiger partial charge on any atom is -0.465 e. The highest BCUT2D eigenvalue weighted by atomic mass is 35.5. The number of fused-ring (bicyclic) bond motifs is 1. The highest BCUT2D eigenvalue weighted by Crippen LogP contribution is 2.21. The Morgan fingerprint density at radius 1 is 1.03 bits per heavy atom. The van der Waals surface area contributed by atoms with Crippen LogP contribution in [-0.4, -0.2) is 42.6 Å². The smallest absolute Gasteiger partial charge is 0.340 e. The molecule has 0 bridgehead atoms. The Morgan fingerprint density at radius 3 is 2.48 bits per heavy atom. The van der Waals surface area contributed by atoms with E-state index in [1.165, 1.54) is 4.90 Å². The van der Waals surface area contributed by atoms with Crippen LogP contribution in [0.3, 0.4) is 0 Å². The van der Waals surface area contributed by atoms with Crippen LogP contribution in [0.25, 0.3) is 10.9 Å². The molecule has 8 heteroatoms. The molecule has 0 aliphatic carbocycles. The van der Waals surface area contributed by atoms with Crippen molar-refractivity contribution < 1.29 is 23.9 Å². The number of benzene rings is 2. The lowest BCUT2D eigenvalue weighted by molar-refractivity contribution is -0.142. The summed E-state index contributed by atoms with van der Waals surface area (Å²) in [6.45, 7) is 2.73. The van der Waals surface area contributed by atoms with E-state index in [1.807, 2.05) is 0 Å². The molecule has 3 aromatic rings. The van der Waals surface area contributed by atoms with Crippen LogP contribution in [0.5, 0.6) is 0 Å².